The standard InChI is InChI=1S/C23H23ClN4O2S2/c1-11-12(2)31-21-18(11)20(29)26-19(27-21)13(3)32-23-25-17-10-14(24)8-9-16(17)22(30)28(23)15-6-4-5-7-15/h8-10,13,15H,4-7H2,1-3H3,(H,26,27,29)/t13-/m1/s1. The van der Waals surface area contributed by atoms with E-state index >= 15 is 0 Å². The van der Waals surface area contributed by atoms with Crippen LogP contribution in [0.3, 0.4) is 0 Å². The van der Waals surface area contributed by atoms with Crippen LogP contribution in [0.1, 0.15) is 60.2 Å². The predicted molar refractivity (Wildman–Crippen MR) is 133 cm³/mol. The zero-order valence-electron chi connectivity index (χ0n) is 18.1. The number of nitrogens with zero attached hydrogens (tertiary/aromatic N) is 3. The summed E-state index contributed by atoms with van der Waals surface area (Å²) in [7, 11) is 0. The van der Waals surface area contributed by atoms with Gasteiger partial charge in [0.15, 0.2) is 5.16 Å². The third-order valence-corrected chi connectivity index (χ3v) is 8.66. The molecule has 0 spiro atoms. The second-order valence-electron chi connectivity index (χ2n) is 8.34. The molecule has 5 rings (SSSR count). The Balaban J connectivity index is 1.61. The van der Waals surface area contributed by atoms with Gasteiger partial charge in [-0.3, -0.25) is 14.2 Å². The predicted octanol–water partition coefficient (Wildman–Crippen LogP) is 5.93. The highest BCUT2D eigenvalue weighted by molar-refractivity contribution is 7.99. The molecule has 1 aromatic carbocycles. The quantitative estimate of drug-likeness (QED) is 0.285. The topological polar surface area (TPSA) is 80.6 Å². The lowest BCUT2D eigenvalue weighted by Crippen LogP contribution is -2.26. The number of benzene rings is 1. The van der Waals surface area contributed by atoms with Gasteiger partial charge in [-0.05, 0) is 57.4 Å². The fourth-order valence-corrected chi connectivity index (χ4v) is 6.64. The second kappa shape index (κ2) is 8.32. The lowest BCUT2D eigenvalue weighted by molar-refractivity contribution is 0.457. The largest absolute Gasteiger partial charge is 0.309 e. The lowest BCUT2D eigenvalue weighted by atomic mass is 10.2. The van der Waals surface area contributed by atoms with Gasteiger partial charge in [0.05, 0.1) is 21.5 Å². The molecule has 3 aromatic heterocycles. The molecule has 0 amide bonds. The molecule has 0 bridgehead atoms. The number of hydrogen-bond donors (Lipinski definition) is 1. The van der Waals surface area contributed by atoms with E-state index in [-0.39, 0.29) is 22.4 Å². The molecule has 0 unspecified atom stereocenters. The first-order valence-electron chi connectivity index (χ1n) is 10.7. The maximum absolute atomic E-state index is 13.4. The normalized spacial score (nSPS) is 15.8. The van der Waals surface area contributed by atoms with Crippen LogP contribution in [0.4, 0.5) is 0 Å². The van der Waals surface area contributed by atoms with Crippen LogP contribution in [0.25, 0.3) is 21.1 Å². The first-order valence-corrected chi connectivity index (χ1v) is 12.8. The maximum Gasteiger partial charge on any atom is 0.262 e. The van der Waals surface area contributed by atoms with E-state index in [1.54, 1.807) is 18.2 Å². The number of aromatic amines is 1. The van der Waals surface area contributed by atoms with E-state index in [1.807, 2.05) is 25.3 Å². The Labute approximate surface area is 198 Å². The molecule has 1 aliphatic rings. The van der Waals surface area contributed by atoms with Crippen molar-refractivity contribution >= 4 is 55.8 Å². The minimum Gasteiger partial charge on any atom is -0.309 e. The molecule has 1 atom stereocenters. The second-order valence-corrected chi connectivity index (χ2v) is 11.3. The van der Waals surface area contributed by atoms with Crippen LogP contribution < -0.4 is 11.1 Å². The molecule has 166 valence electrons. The van der Waals surface area contributed by atoms with E-state index < -0.39 is 0 Å². The summed E-state index contributed by atoms with van der Waals surface area (Å²) in [6.45, 7) is 5.94. The minimum absolute atomic E-state index is 0.0327. The van der Waals surface area contributed by atoms with Crippen LogP contribution in [0, 0.1) is 13.8 Å². The molecule has 1 saturated carbocycles. The zero-order chi connectivity index (χ0) is 22.6. The Morgan fingerprint density at radius 1 is 1.22 bits per heavy atom. The Hall–Kier alpha value is -2.16. The number of hydrogen-bond acceptors (Lipinski definition) is 6. The number of nitrogens with one attached hydrogen (secondary N) is 1. The molecule has 32 heavy (non-hydrogen) atoms. The Morgan fingerprint density at radius 2 is 1.97 bits per heavy atom. The van der Waals surface area contributed by atoms with Crippen LogP contribution in [0.5, 0.6) is 0 Å². The van der Waals surface area contributed by atoms with E-state index in [0.29, 0.717) is 32.3 Å². The Kier molecular flexibility index (Phi) is 5.63. The smallest absolute Gasteiger partial charge is 0.262 e. The van der Waals surface area contributed by atoms with Gasteiger partial charge in [0.1, 0.15) is 10.7 Å². The average molecular weight is 487 g/mol. The van der Waals surface area contributed by atoms with Crippen molar-refractivity contribution in [2.45, 2.75) is 62.9 Å². The third kappa shape index (κ3) is 3.68. The van der Waals surface area contributed by atoms with Gasteiger partial charge < -0.3 is 4.98 Å². The van der Waals surface area contributed by atoms with Gasteiger partial charge in [0, 0.05) is 15.9 Å². The zero-order valence-corrected chi connectivity index (χ0v) is 20.5. The van der Waals surface area contributed by atoms with Gasteiger partial charge in [0.2, 0.25) is 0 Å². The number of rotatable bonds is 4. The summed E-state index contributed by atoms with van der Waals surface area (Å²) >= 11 is 9.16. The molecule has 1 fully saturated rings. The number of fused-ring (bicyclic) bond motifs is 2. The minimum atomic E-state index is -0.189. The van der Waals surface area contributed by atoms with Crippen LogP contribution in [0.2, 0.25) is 5.02 Å². The Morgan fingerprint density at radius 3 is 2.72 bits per heavy atom. The maximum atomic E-state index is 13.4. The highest BCUT2D eigenvalue weighted by Crippen LogP contribution is 2.37. The van der Waals surface area contributed by atoms with Gasteiger partial charge in [-0.15, -0.1) is 11.3 Å². The van der Waals surface area contributed by atoms with Gasteiger partial charge in [0.25, 0.3) is 11.1 Å². The molecule has 0 aliphatic heterocycles. The summed E-state index contributed by atoms with van der Waals surface area (Å²) < 4.78 is 1.85. The molecule has 4 aromatic rings. The van der Waals surface area contributed by atoms with Crippen molar-refractivity contribution in [3.8, 4) is 0 Å². The summed E-state index contributed by atoms with van der Waals surface area (Å²) in [5.41, 5.74) is 1.42. The molecule has 0 radical (unpaired) electrons. The molecule has 0 saturated heterocycles. The molecule has 1 N–H and O–H groups in total. The highest BCUT2D eigenvalue weighted by atomic mass is 35.5. The first kappa shape index (κ1) is 21.7. The fraction of sp³-hybridized carbons (Fsp3) is 0.391. The number of halogens is 1. The van der Waals surface area contributed by atoms with Crippen LogP contribution >= 0.6 is 34.7 Å². The molecular weight excluding hydrogens is 464 g/mol. The first-order chi connectivity index (χ1) is 15.3. The Bertz CT molecular complexity index is 1470. The van der Waals surface area contributed by atoms with Crippen molar-refractivity contribution in [1.82, 2.24) is 19.5 Å². The van der Waals surface area contributed by atoms with Gasteiger partial charge in [-0.1, -0.05) is 36.2 Å². The lowest BCUT2D eigenvalue weighted by Gasteiger charge is -2.20. The SMILES string of the molecule is Cc1sc2nc([C@@H](C)Sc3nc4cc(Cl)ccc4c(=O)n3C3CCCC3)[nH]c(=O)c2c1C. The van der Waals surface area contributed by atoms with E-state index in [0.717, 1.165) is 41.0 Å². The highest BCUT2D eigenvalue weighted by Gasteiger charge is 2.25. The van der Waals surface area contributed by atoms with Crippen molar-refractivity contribution in [2.75, 3.05) is 0 Å². The molecule has 1 aliphatic carbocycles. The van der Waals surface area contributed by atoms with Gasteiger partial charge >= 0.3 is 0 Å². The van der Waals surface area contributed by atoms with Gasteiger partial charge in [-0.2, -0.15) is 0 Å². The number of thiophene rings is 1. The van der Waals surface area contributed by atoms with Crippen molar-refractivity contribution in [3.05, 3.63) is 60.2 Å². The summed E-state index contributed by atoms with van der Waals surface area (Å²) in [6, 6.07) is 5.36. The third-order valence-electron chi connectivity index (χ3n) is 6.25. The van der Waals surface area contributed by atoms with Crippen molar-refractivity contribution in [1.29, 1.82) is 0 Å². The monoisotopic (exact) mass is 486 g/mol. The van der Waals surface area contributed by atoms with E-state index in [4.69, 9.17) is 21.6 Å². The molecule has 9 heteroatoms. The van der Waals surface area contributed by atoms with E-state index in [1.165, 1.54) is 23.1 Å². The van der Waals surface area contributed by atoms with Crippen molar-refractivity contribution in [3.63, 3.8) is 0 Å². The number of H-pyrrole nitrogens is 1. The average Bonchev–Trinajstić information content (AvgIpc) is 3.36. The molecule has 6 nitrogen and oxygen atoms in total. The van der Waals surface area contributed by atoms with Crippen LogP contribution in [0.15, 0.2) is 32.9 Å². The van der Waals surface area contributed by atoms with E-state index in [9.17, 15) is 9.59 Å². The van der Waals surface area contributed by atoms with Crippen LogP contribution in [-0.4, -0.2) is 19.5 Å². The number of aromatic nitrogens is 4. The summed E-state index contributed by atoms with van der Waals surface area (Å²) in [6.07, 6.45) is 4.16. The summed E-state index contributed by atoms with van der Waals surface area (Å²) in [4.78, 5) is 40.6. The molecular formula is C23H23ClN4O2S2. The summed E-state index contributed by atoms with van der Waals surface area (Å²) in [5.74, 6) is 0.590. The number of aryl methyl sites for hydroxylation is 2. The van der Waals surface area contributed by atoms with Crippen molar-refractivity contribution in [2.24, 2.45) is 0 Å². The summed E-state index contributed by atoms with van der Waals surface area (Å²) in [5, 5.41) is 2.24. The number of thioether (sulfide) groups is 1. The fourth-order valence-electron chi connectivity index (χ4n) is 4.40. The molecule has 3 heterocycles. The van der Waals surface area contributed by atoms with Gasteiger partial charge in [-0.25, -0.2) is 9.97 Å². The van der Waals surface area contributed by atoms with E-state index in [2.05, 4.69) is 4.98 Å². The van der Waals surface area contributed by atoms with Crippen LogP contribution in [-0.2, 0) is 0 Å². The van der Waals surface area contributed by atoms with Crippen molar-refractivity contribution < 1.29 is 0 Å².